The third kappa shape index (κ3) is 6.40. The molecule has 0 atom stereocenters. The first-order valence-corrected chi connectivity index (χ1v) is 11.6. The Labute approximate surface area is 213 Å². The molecule has 0 bridgehead atoms. The molecule has 36 heavy (non-hydrogen) atoms. The van der Waals surface area contributed by atoms with Crippen LogP contribution in [0.4, 0.5) is 0 Å². The van der Waals surface area contributed by atoms with Crippen molar-refractivity contribution in [1.82, 2.24) is 5.43 Å². The van der Waals surface area contributed by atoms with Crippen molar-refractivity contribution >= 4 is 40.5 Å². The highest BCUT2D eigenvalue weighted by atomic mass is 35.5. The highest BCUT2D eigenvalue weighted by Crippen LogP contribution is 2.27. The molecule has 7 nitrogen and oxygen atoms in total. The first-order chi connectivity index (χ1) is 17.5. The molecule has 0 unspecified atom stereocenters. The van der Waals surface area contributed by atoms with E-state index < -0.39 is 11.9 Å². The van der Waals surface area contributed by atoms with E-state index in [1.54, 1.807) is 54.6 Å². The summed E-state index contributed by atoms with van der Waals surface area (Å²) in [4.78, 5) is 25.0. The molecule has 0 aliphatic heterocycles. The second-order valence-corrected chi connectivity index (χ2v) is 8.02. The fraction of sp³-hybridized carbons (Fsp3) is 0.107. The number of nitrogens with zero attached hydrogens (tertiary/aromatic N) is 1. The number of carbonyl (C=O) groups excluding carboxylic acids is 2. The number of nitrogens with one attached hydrogen (secondary N) is 1. The number of hydrazone groups is 1. The molecule has 0 heterocycles. The summed E-state index contributed by atoms with van der Waals surface area (Å²) in [7, 11) is 0. The number of amides is 1. The van der Waals surface area contributed by atoms with Gasteiger partial charge in [-0.3, -0.25) is 4.79 Å². The summed E-state index contributed by atoms with van der Waals surface area (Å²) in [6.45, 7) is 2.18. The number of halogens is 1. The summed E-state index contributed by atoms with van der Waals surface area (Å²) in [6, 6.07) is 24.6. The minimum absolute atomic E-state index is 0.243. The number of benzene rings is 4. The predicted octanol–water partition coefficient (Wildman–Crippen LogP) is 5.64. The van der Waals surface area contributed by atoms with E-state index in [2.05, 4.69) is 10.5 Å². The number of rotatable bonds is 9. The van der Waals surface area contributed by atoms with Crippen LogP contribution >= 0.6 is 11.6 Å². The van der Waals surface area contributed by atoms with E-state index in [-0.39, 0.29) is 6.61 Å². The van der Waals surface area contributed by atoms with Crippen molar-refractivity contribution in [2.24, 2.45) is 5.10 Å². The summed E-state index contributed by atoms with van der Waals surface area (Å²) >= 11 is 5.92. The summed E-state index contributed by atoms with van der Waals surface area (Å²) < 4.78 is 16.5. The Morgan fingerprint density at radius 1 is 0.917 bits per heavy atom. The Morgan fingerprint density at radius 2 is 1.72 bits per heavy atom. The van der Waals surface area contributed by atoms with Crippen molar-refractivity contribution in [1.29, 1.82) is 0 Å². The zero-order chi connectivity index (χ0) is 25.3. The molecule has 0 saturated carbocycles. The van der Waals surface area contributed by atoms with Crippen LogP contribution in [-0.4, -0.2) is 31.3 Å². The maximum absolute atomic E-state index is 12.8. The minimum Gasteiger partial charge on any atom is -0.494 e. The maximum Gasteiger partial charge on any atom is 0.343 e. The van der Waals surface area contributed by atoms with Gasteiger partial charge >= 0.3 is 5.97 Å². The lowest BCUT2D eigenvalue weighted by Crippen LogP contribution is -2.24. The zero-order valence-corrected chi connectivity index (χ0v) is 20.2. The lowest BCUT2D eigenvalue weighted by atomic mass is 10.0. The van der Waals surface area contributed by atoms with Crippen LogP contribution in [-0.2, 0) is 4.79 Å². The van der Waals surface area contributed by atoms with Gasteiger partial charge in [-0.2, -0.15) is 5.10 Å². The van der Waals surface area contributed by atoms with E-state index in [1.165, 1.54) is 6.21 Å². The molecule has 0 saturated heterocycles. The molecule has 1 amide bonds. The maximum atomic E-state index is 12.8. The van der Waals surface area contributed by atoms with Crippen LogP contribution in [0.2, 0.25) is 5.02 Å². The average molecular weight is 503 g/mol. The molecule has 0 aromatic heterocycles. The molecular weight excluding hydrogens is 480 g/mol. The number of fused-ring (bicyclic) bond motifs is 1. The van der Waals surface area contributed by atoms with Gasteiger partial charge in [0.25, 0.3) is 5.91 Å². The van der Waals surface area contributed by atoms with Crippen molar-refractivity contribution in [2.75, 3.05) is 13.2 Å². The van der Waals surface area contributed by atoms with E-state index in [1.807, 2.05) is 37.3 Å². The van der Waals surface area contributed by atoms with E-state index in [0.29, 0.717) is 40.0 Å². The molecule has 4 aromatic rings. The van der Waals surface area contributed by atoms with Gasteiger partial charge in [0, 0.05) is 10.6 Å². The highest BCUT2D eigenvalue weighted by molar-refractivity contribution is 6.30. The molecule has 0 radical (unpaired) electrons. The monoisotopic (exact) mass is 502 g/mol. The Balaban J connectivity index is 1.49. The Hall–Kier alpha value is -4.36. The Morgan fingerprint density at radius 3 is 2.50 bits per heavy atom. The fourth-order valence-electron chi connectivity index (χ4n) is 3.42. The van der Waals surface area contributed by atoms with Crippen LogP contribution in [0.1, 0.15) is 22.8 Å². The first-order valence-electron chi connectivity index (χ1n) is 11.2. The fourth-order valence-corrected chi connectivity index (χ4v) is 3.60. The van der Waals surface area contributed by atoms with Gasteiger partial charge in [0.15, 0.2) is 6.61 Å². The molecule has 4 aromatic carbocycles. The molecule has 0 aliphatic rings. The summed E-state index contributed by atoms with van der Waals surface area (Å²) in [6.07, 6.45) is 1.44. The number of carbonyl (C=O) groups is 2. The van der Waals surface area contributed by atoms with Gasteiger partial charge in [-0.15, -0.1) is 0 Å². The molecule has 0 spiro atoms. The van der Waals surface area contributed by atoms with Gasteiger partial charge in [-0.25, -0.2) is 10.2 Å². The van der Waals surface area contributed by atoms with Crippen LogP contribution in [0, 0.1) is 0 Å². The molecule has 0 aliphatic carbocycles. The van der Waals surface area contributed by atoms with Crippen LogP contribution in [0.25, 0.3) is 10.8 Å². The van der Waals surface area contributed by atoms with E-state index in [9.17, 15) is 9.59 Å². The normalized spacial score (nSPS) is 10.8. The quantitative estimate of drug-likeness (QED) is 0.138. The SMILES string of the molecule is CCOc1ccc(C(=O)Oc2ccc3ccccc3c2/C=N\NC(=O)COc2cccc(Cl)c2)cc1. The molecule has 0 fully saturated rings. The van der Waals surface area contributed by atoms with Crippen molar-refractivity contribution in [3.8, 4) is 17.2 Å². The van der Waals surface area contributed by atoms with Crippen LogP contribution in [0.3, 0.4) is 0 Å². The second kappa shape index (κ2) is 11.9. The van der Waals surface area contributed by atoms with Crippen LogP contribution < -0.4 is 19.6 Å². The minimum atomic E-state index is -0.526. The number of hydrogen-bond acceptors (Lipinski definition) is 6. The molecule has 182 valence electrons. The second-order valence-electron chi connectivity index (χ2n) is 7.58. The topological polar surface area (TPSA) is 86.2 Å². The van der Waals surface area contributed by atoms with E-state index in [0.717, 1.165) is 10.8 Å². The Bertz CT molecular complexity index is 1400. The number of hydrogen-bond donors (Lipinski definition) is 1. The zero-order valence-electron chi connectivity index (χ0n) is 19.4. The third-order valence-corrected chi connectivity index (χ3v) is 5.32. The molecule has 1 N–H and O–H groups in total. The summed E-state index contributed by atoms with van der Waals surface area (Å²) in [5, 5.41) is 6.30. The molecule has 8 heteroatoms. The van der Waals surface area contributed by atoms with Gasteiger partial charge in [0.1, 0.15) is 17.2 Å². The van der Waals surface area contributed by atoms with E-state index in [4.69, 9.17) is 25.8 Å². The molecular formula is C28H23ClN2O5. The molecule has 4 rings (SSSR count). The van der Waals surface area contributed by atoms with Crippen LogP contribution in [0.5, 0.6) is 17.2 Å². The van der Waals surface area contributed by atoms with Gasteiger partial charge in [0.05, 0.1) is 18.4 Å². The van der Waals surface area contributed by atoms with Crippen molar-refractivity contribution in [3.05, 3.63) is 101 Å². The largest absolute Gasteiger partial charge is 0.494 e. The smallest absolute Gasteiger partial charge is 0.343 e. The van der Waals surface area contributed by atoms with E-state index >= 15 is 0 Å². The highest BCUT2D eigenvalue weighted by Gasteiger charge is 2.14. The van der Waals surface area contributed by atoms with Gasteiger partial charge in [-0.1, -0.05) is 48.0 Å². The van der Waals surface area contributed by atoms with Gasteiger partial charge < -0.3 is 14.2 Å². The number of esters is 1. The van der Waals surface area contributed by atoms with Crippen molar-refractivity contribution < 1.29 is 23.8 Å². The van der Waals surface area contributed by atoms with Gasteiger partial charge in [-0.05, 0) is 66.2 Å². The van der Waals surface area contributed by atoms with Crippen molar-refractivity contribution in [3.63, 3.8) is 0 Å². The summed E-state index contributed by atoms with van der Waals surface area (Å²) in [5.41, 5.74) is 3.35. The number of ether oxygens (including phenoxy) is 3. The summed E-state index contributed by atoms with van der Waals surface area (Å²) in [5.74, 6) is 0.462. The predicted molar refractivity (Wildman–Crippen MR) is 139 cm³/mol. The first kappa shape index (κ1) is 24.8. The van der Waals surface area contributed by atoms with Crippen molar-refractivity contribution in [2.45, 2.75) is 6.92 Å². The lowest BCUT2D eigenvalue weighted by Gasteiger charge is -2.11. The average Bonchev–Trinajstić information content (AvgIpc) is 2.89. The standard InChI is InChI=1S/C28H23ClN2O5/c1-2-34-22-13-10-20(11-14-22)28(33)36-26-15-12-19-6-3-4-9-24(19)25(26)17-30-31-27(32)18-35-23-8-5-7-21(29)16-23/h3-17H,2,18H2,1H3,(H,31,32)/b30-17-. The van der Waals surface area contributed by atoms with Crippen LogP contribution in [0.15, 0.2) is 90.0 Å². The Kier molecular flexibility index (Phi) is 8.16. The third-order valence-electron chi connectivity index (χ3n) is 5.08. The van der Waals surface area contributed by atoms with Gasteiger partial charge in [0.2, 0.25) is 0 Å². The lowest BCUT2D eigenvalue weighted by molar-refractivity contribution is -0.123.